The van der Waals surface area contributed by atoms with Crippen LogP contribution in [0.15, 0.2) is 47.4 Å². The lowest BCUT2D eigenvalue weighted by Gasteiger charge is -2.37. The fourth-order valence-electron chi connectivity index (χ4n) is 3.59. The molecule has 0 radical (unpaired) electrons. The van der Waals surface area contributed by atoms with Crippen molar-refractivity contribution in [1.82, 2.24) is 9.21 Å². The monoisotopic (exact) mass is 481 g/mol. The number of hydrogen-bond acceptors (Lipinski definition) is 6. The molecule has 32 heavy (non-hydrogen) atoms. The van der Waals surface area contributed by atoms with Crippen LogP contribution in [0.25, 0.3) is 0 Å². The van der Waals surface area contributed by atoms with Crippen LogP contribution in [0.4, 0.5) is 5.69 Å². The molecule has 0 saturated carbocycles. The van der Waals surface area contributed by atoms with Gasteiger partial charge in [0.2, 0.25) is 15.9 Å². The standard InChI is InChI=1S/C22H28ClN3O5S/c1-4-31-20-10-9-17(23)15-21(20)32(28,29)24(2)16-22(27)26-13-11-25(12-14-26)18-7-5-6-8-19(18)30-3/h5-10,15H,4,11-14,16H2,1-3H3. The zero-order valence-electron chi connectivity index (χ0n) is 18.5. The Balaban J connectivity index is 1.66. The number of ether oxygens (including phenoxy) is 2. The maximum absolute atomic E-state index is 13.1. The number of piperazine rings is 1. The summed E-state index contributed by atoms with van der Waals surface area (Å²) < 4.78 is 38.1. The smallest absolute Gasteiger partial charge is 0.247 e. The van der Waals surface area contributed by atoms with E-state index in [4.69, 9.17) is 21.1 Å². The van der Waals surface area contributed by atoms with Crippen molar-refractivity contribution in [2.24, 2.45) is 0 Å². The van der Waals surface area contributed by atoms with Crippen molar-refractivity contribution in [3.8, 4) is 11.5 Å². The largest absolute Gasteiger partial charge is 0.495 e. The molecule has 3 rings (SSSR count). The Kier molecular flexibility index (Phi) is 7.86. The van der Waals surface area contributed by atoms with Crippen molar-refractivity contribution in [2.75, 3.05) is 58.4 Å². The number of para-hydroxylation sites is 2. The molecule has 2 aromatic rings. The molecule has 0 aliphatic carbocycles. The summed E-state index contributed by atoms with van der Waals surface area (Å²) in [6.45, 7) is 4.05. The second-order valence-electron chi connectivity index (χ2n) is 7.32. The summed E-state index contributed by atoms with van der Waals surface area (Å²) in [5, 5.41) is 0.277. The summed E-state index contributed by atoms with van der Waals surface area (Å²) in [6.07, 6.45) is 0. The van der Waals surface area contributed by atoms with Gasteiger partial charge in [0.15, 0.2) is 0 Å². The molecule has 2 aromatic carbocycles. The van der Waals surface area contributed by atoms with Gasteiger partial charge in [-0.3, -0.25) is 4.79 Å². The Morgan fingerprint density at radius 3 is 2.44 bits per heavy atom. The summed E-state index contributed by atoms with van der Waals surface area (Å²) >= 11 is 6.01. The second kappa shape index (κ2) is 10.4. The predicted molar refractivity (Wildman–Crippen MR) is 124 cm³/mol. The van der Waals surface area contributed by atoms with E-state index in [1.807, 2.05) is 24.3 Å². The third-order valence-electron chi connectivity index (χ3n) is 5.31. The molecular formula is C22H28ClN3O5S. The SMILES string of the molecule is CCOc1ccc(Cl)cc1S(=O)(=O)N(C)CC(=O)N1CCN(c2ccccc2OC)CC1. The van der Waals surface area contributed by atoms with Crippen molar-refractivity contribution < 1.29 is 22.7 Å². The van der Waals surface area contributed by atoms with E-state index >= 15 is 0 Å². The first-order valence-electron chi connectivity index (χ1n) is 10.3. The first-order chi connectivity index (χ1) is 15.3. The number of rotatable bonds is 8. The van der Waals surface area contributed by atoms with E-state index in [1.165, 1.54) is 19.2 Å². The summed E-state index contributed by atoms with van der Waals surface area (Å²) in [5.41, 5.74) is 0.978. The van der Waals surface area contributed by atoms with Crippen molar-refractivity contribution in [3.63, 3.8) is 0 Å². The number of hydrogen-bond donors (Lipinski definition) is 0. The van der Waals surface area contributed by atoms with Crippen LogP contribution in [0.1, 0.15) is 6.92 Å². The summed E-state index contributed by atoms with van der Waals surface area (Å²) in [5.74, 6) is 0.738. The van der Waals surface area contributed by atoms with Gasteiger partial charge in [0, 0.05) is 38.2 Å². The maximum atomic E-state index is 13.1. The molecular weight excluding hydrogens is 454 g/mol. The lowest BCUT2D eigenvalue weighted by Crippen LogP contribution is -2.51. The van der Waals surface area contributed by atoms with E-state index in [9.17, 15) is 13.2 Å². The Morgan fingerprint density at radius 1 is 1.09 bits per heavy atom. The Labute approximate surface area is 194 Å². The van der Waals surface area contributed by atoms with Gasteiger partial charge < -0.3 is 19.3 Å². The highest BCUT2D eigenvalue weighted by molar-refractivity contribution is 7.89. The lowest BCUT2D eigenvalue weighted by molar-refractivity contribution is -0.131. The van der Waals surface area contributed by atoms with E-state index in [1.54, 1.807) is 25.0 Å². The number of halogens is 1. The highest BCUT2D eigenvalue weighted by Gasteiger charge is 2.30. The van der Waals surface area contributed by atoms with Crippen molar-refractivity contribution in [3.05, 3.63) is 47.5 Å². The topological polar surface area (TPSA) is 79.4 Å². The first-order valence-corrected chi connectivity index (χ1v) is 12.1. The molecule has 0 unspecified atom stereocenters. The van der Waals surface area contributed by atoms with Crippen LogP contribution >= 0.6 is 11.6 Å². The third kappa shape index (κ3) is 5.28. The van der Waals surface area contributed by atoms with Gasteiger partial charge in [0.25, 0.3) is 0 Å². The molecule has 0 spiro atoms. The molecule has 1 aliphatic rings. The number of carbonyl (C=O) groups excluding carboxylic acids is 1. The van der Waals surface area contributed by atoms with Gasteiger partial charge >= 0.3 is 0 Å². The van der Waals surface area contributed by atoms with Gasteiger partial charge in [-0.2, -0.15) is 4.31 Å². The average Bonchev–Trinajstić information content (AvgIpc) is 2.80. The normalized spacial score (nSPS) is 14.5. The molecule has 0 N–H and O–H groups in total. The molecule has 8 nitrogen and oxygen atoms in total. The second-order valence-corrected chi connectivity index (χ2v) is 9.77. The van der Waals surface area contributed by atoms with Gasteiger partial charge in [0.05, 0.1) is 25.9 Å². The van der Waals surface area contributed by atoms with Crippen LogP contribution in [-0.2, 0) is 14.8 Å². The summed E-state index contributed by atoms with van der Waals surface area (Å²) in [4.78, 5) is 16.6. The minimum atomic E-state index is -3.96. The minimum Gasteiger partial charge on any atom is -0.495 e. The van der Waals surface area contributed by atoms with Crippen molar-refractivity contribution in [1.29, 1.82) is 0 Å². The highest BCUT2D eigenvalue weighted by atomic mass is 35.5. The summed E-state index contributed by atoms with van der Waals surface area (Å²) in [7, 11) is -0.947. The molecule has 1 aliphatic heterocycles. The van der Waals surface area contributed by atoms with E-state index in [-0.39, 0.29) is 28.1 Å². The maximum Gasteiger partial charge on any atom is 0.247 e. The third-order valence-corrected chi connectivity index (χ3v) is 7.37. The van der Waals surface area contributed by atoms with Crippen LogP contribution in [-0.4, -0.2) is 77.0 Å². The van der Waals surface area contributed by atoms with Crippen LogP contribution in [0.2, 0.25) is 5.02 Å². The van der Waals surface area contributed by atoms with E-state index < -0.39 is 10.0 Å². The minimum absolute atomic E-state index is 0.0526. The molecule has 1 saturated heterocycles. The van der Waals surface area contributed by atoms with Crippen molar-refractivity contribution >= 4 is 33.2 Å². The fraction of sp³-hybridized carbons (Fsp3) is 0.409. The van der Waals surface area contributed by atoms with Gasteiger partial charge in [0.1, 0.15) is 16.4 Å². The van der Waals surface area contributed by atoms with Crippen LogP contribution in [0.5, 0.6) is 11.5 Å². The van der Waals surface area contributed by atoms with Gasteiger partial charge in [-0.15, -0.1) is 0 Å². The van der Waals surface area contributed by atoms with Gasteiger partial charge in [-0.1, -0.05) is 23.7 Å². The Bertz CT molecular complexity index is 1060. The number of benzene rings is 2. The van der Waals surface area contributed by atoms with Crippen LogP contribution in [0, 0.1) is 0 Å². The number of nitrogens with zero attached hydrogens (tertiary/aromatic N) is 3. The first kappa shape index (κ1) is 24.2. The Morgan fingerprint density at radius 2 is 1.78 bits per heavy atom. The molecule has 0 atom stereocenters. The molecule has 1 heterocycles. The molecule has 0 bridgehead atoms. The van der Waals surface area contributed by atoms with Gasteiger partial charge in [-0.25, -0.2) is 8.42 Å². The molecule has 174 valence electrons. The number of methoxy groups -OCH3 is 1. The quantitative estimate of drug-likeness (QED) is 0.576. The Hall–Kier alpha value is -2.49. The number of carbonyl (C=O) groups is 1. The summed E-state index contributed by atoms with van der Waals surface area (Å²) in [6, 6.07) is 12.2. The number of sulfonamides is 1. The van der Waals surface area contributed by atoms with E-state index in [2.05, 4.69) is 4.90 Å². The average molecular weight is 482 g/mol. The number of likely N-dealkylation sites (N-methyl/N-ethyl adjacent to an activating group) is 1. The number of amides is 1. The van der Waals surface area contributed by atoms with Crippen LogP contribution < -0.4 is 14.4 Å². The predicted octanol–water partition coefficient (Wildman–Crippen LogP) is 2.72. The lowest BCUT2D eigenvalue weighted by atomic mass is 10.2. The fourth-order valence-corrected chi connectivity index (χ4v) is 5.10. The molecule has 0 aromatic heterocycles. The molecule has 10 heteroatoms. The number of anilines is 1. The highest BCUT2D eigenvalue weighted by Crippen LogP contribution is 2.30. The van der Waals surface area contributed by atoms with E-state index in [0.29, 0.717) is 32.8 Å². The van der Waals surface area contributed by atoms with Crippen molar-refractivity contribution in [2.45, 2.75) is 11.8 Å². The molecule has 1 amide bonds. The molecule has 1 fully saturated rings. The van der Waals surface area contributed by atoms with Gasteiger partial charge in [-0.05, 0) is 37.3 Å². The van der Waals surface area contributed by atoms with Crippen LogP contribution in [0.3, 0.4) is 0 Å². The van der Waals surface area contributed by atoms with E-state index in [0.717, 1.165) is 15.7 Å². The zero-order valence-corrected chi connectivity index (χ0v) is 20.0. The zero-order chi connectivity index (χ0) is 23.3.